The van der Waals surface area contributed by atoms with Gasteiger partial charge in [-0.05, 0) is 20.3 Å². The zero-order valence-electron chi connectivity index (χ0n) is 13.6. The van der Waals surface area contributed by atoms with Gasteiger partial charge < -0.3 is 19.5 Å². The van der Waals surface area contributed by atoms with Crippen molar-refractivity contribution in [2.75, 3.05) is 33.4 Å². The largest absolute Gasteiger partial charge is 0.466 e. The first-order valence-corrected chi connectivity index (χ1v) is 7.23. The van der Waals surface area contributed by atoms with Crippen molar-refractivity contribution in [3.05, 3.63) is 12.2 Å². The number of aliphatic hydroxyl groups excluding tert-OH is 1. The lowest BCUT2D eigenvalue weighted by Gasteiger charge is -2.33. The second-order valence-corrected chi connectivity index (χ2v) is 4.73. The molecule has 0 aromatic heterocycles. The van der Waals surface area contributed by atoms with Gasteiger partial charge in [-0.2, -0.15) is 0 Å². The number of carbonyl (C=O) groups excluding carboxylic acids is 3. The summed E-state index contributed by atoms with van der Waals surface area (Å²) in [6.07, 6.45) is 2.18. The minimum atomic E-state index is -1.17. The van der Waals surface area contributed by atoms with Crippen LogP contribution in [0.15, 0.2) is 12.2 Å². The predicted octanol–water partition coefficient (Wildman–Crippen LogP) is 0.516. The highest BCUT2D eigenvalue weighted by atomic mass is 16.5. The average molecular weight is 315 g/mol. The summed E-state index contributed by atoms with van der Waals surface area (Å²) in [5, 5.41) is 9.63. The quantitative estimate of drug-likeness (QED) is 0.492. The monoisotopic (exact) mass is 315 g/mol. The smallest absolute Gasteiger partial charge is 0.331 e. The number of ether oxygens (including phenoxy) is 2. The lowest BCUT2D eigenvalue weighted by molar-refractivity contribution is -0.155. The van der Waals surface area contributed by atoms with E-state index >= 15 is 0 Å². The third-order valence-electron chi connectivity index (χ3n) is 3.53. The molecule has 0 aliphatic rings. The maximum atomic E-state index is 12.5. The lowest BCUT2D eigenvalue weighted by Crippen LogP contribution is -2.48. The SMILES string of the molecule is CCN(CC)C(=O)C(CC)(CO)COC(=O)/C=C/C(=O)OC. The van der Waals surface area contributed by atoms with E-state index in [-0.39, 0.29) is 12.5 Å². The van der Waals surface area contributed by atoms with Gasteiger partial charge in [-0.3, -0.25) is 4.79 Å². The zero-order valence-corrected chi connectivity index (χ0v) is 13.6. The van der Waals surface area contributed by atoms with Gasteiger partial charge in [0.25, 0.3) is 0 Å². The molecule has 0 saturated carbocycles. The van der Waals surface area contributed by atoms with Crippen LogP contribution in [0.5, 0.6) is 0 Å². The van der Waals surface area contributed by atoms with Crippen LogP contribution in [0.2, 0.25) is 0 Å². The Morgan fingerprint density at radius 3 is 2.05 bits per heavy atom. The Morgan fingerprint density at radius 1 is 1.09 bits per heavy atom. The third kappa shape index (κ3) is 5.48. The van der Waals surface area contributed by atoms with Crippen LogP contribution in [0, 0.1) is 5.41 Å². The van der Waals surface area contributed by atoms with Crippen LogP contribution < -0.4 is 0 Å². The van der Waals surface area contributed by atoms with Gasteiger partial charge in [-0.25, -0.2) is 9.59 Å². The van der Waals surface area contributed by atoms with E-state index < -0.39 is 24.0 Å². The van der Waals surface area contributed by atoms with Crippen LogP contribution in [0.4, 0.5) is 0 Å². The summed E-state index contributed by atoms with van der Waals surface area (Å²) < 4.78 is 9.36. The number of amides is 1. The van der Waals surface area contributed by atoms with Crippen molar-refractivity contribution >= 4 is 17.8 Å². The van der Waals surface area contributed by atoms with E-state index in [0.717, 1.165) is 12.2 Å². The zero-order chi connectivity index (χ0) is 17.2. The molecule has 7 heteroatoms. The fourth-order valence-corrected chi connectivity index (χ4v) is 1.85. The van der Waals surface area contributed by atoms with E-state index in [1.54, 1.807) is 11.8 Å². The number of methoxy groups -OCH3 is 1. The van der Waals surface area contributed by atoms with Crippen LogP contribution in [-0.4, -0.2) is 61.3 Å². The number of rotatable bonds is 9. The van der Waals surface area contributed by atoms with Gasteiger partial charge in [-0.1, -0.05) is 6.92 Å². The first kappa shape index (κ1) is 20.1. The molecule has 0 aliphatic carbocycles. The van der Waals surface area contributed by atoms with E-state index in [9.17, 15) is 19.5 Å². The van der Waals surface area contributed by atoms with Gasteiger partial charge in [0.05, 0.1) is 13.7 Å². The summed E-state index contributed by atoms with van der Waals surface area (Å²) in [6, 6.07) is 0. The number of esters is 2. The molecule has 0 saturated heterocycles. The number of carbonyl (C=O) groups is 3. The molecule has 126 valence electrons. The maximum Gasteiger partial charge on any atom is 0.331 e. The summed E-state index contributed by atoms with van der Waals surface area (Å²) in [6.45, 7) is 5.76. The molecule has 0 spiro atoms. The van der Waals surface area contributed by atoms with Crippen molar-refractivity contribution in [3.63, 3.8) is 0 Å². The van der Waals surface area contributed by atoms with Crippen molar-refractivity contribution < 1.29 is 29.0 Å². The second kappa shape index (κ2) is 9.94. The molecule has 1 unspecified atom stereocenters. The second-order valence-electron chi connectivity index (χ2n) is 4.73. The molecule has 0 radical (unpaired) electrons. The Bertz CT molecular complexity index is 410. The predicted molar refractivity (Wildman–Crippen MR) is 79.9 cm³/mol. The van der Waals surface area contributed by atoms with Crippen LogP contribution in [-0.2, 0) is 23.9 Å². The molecular formula is C15H25NO6. The molecule has 7 nitrogen and oxygen atoms in total. The van der Waals surface area contributed by atoms with Crippen LogP contribution in [0.3, 0.4) is 0 Å². The molecule has 0 heterocycles. The van der Waals surface area contributed by atoms with Crippen molar-refractivity contribution in [1.29, 1.82) is 0 Å². The molecule has 1 atom stereocenters. The number of hydrogen-bond acceptors (Lipinski definition) is 6. The molecule has 0 bridgehead atoms. The standard InChI is InChI=1S/C15H25NO6/c1-5-15(10-17,14(20)16(6-2)7-3)11-22-13(19)9-8-12(18)21-4/h8-9,17H,5-7,10-11H2,1-4H3/b9-8+. The van der Waals surface area contributed by atoms with Gasteiger partial charge >= 0.3 is 11.9 Å². The Hall–Kier alpha value is -1.89. The Morgan fingerprint density at radius 2 is 1.64 bits per heavy atom. The fourth-order valence-electron chi connectivity index (χ4n) is 1.85. The highest BCUT2D eigenvalue weighted by Crippen LogP contribution is 2.25. The number of hydrogen-bond donors (Lipinski definition) is 1. The molecule has 0 aromatic carbocycles. The molecule has 1 N–H and O–H groups in total. The molecule has 1 amide bonds. The highest BCUT2D eigenvalue weighted by molar-refractivity contribution is 5.91. The van der Waals surface area contributed by atoms with E-state index in [2.05, 4.69) is 4.74 Å². The highest BCUT2D eigenvalue weighted by Gasteiger charge is 2.40. The van der Waals surface area contributed by atoms with Gasteiger partial charge in [0, 0.05) is 25.2 Å². The van der Waals surface area contributed by atoms with Crippen molar-refractivity contribution in [3.8, 4) is 0 Å². The molecule has 22 heavy (non-hydrogen) atoms. The summed E-state index contributed by atoms with van der Waals surface area (Å²) in [4.78, 5) is 36.5. The van der Waals surface area contributed by atoms with Crippen LogP contribution >= 0.6 is 0 Å². The minimum absolute atomic E-state index is 0.250. The van der Waals surface area contributed by atoms with Crippen molar-refractivity contribution in [1.82, 2.24) is 4.90 Å². The Balaban J connectivity index is 4.90. The first-order valence-electron chi connectivity index (χ1n) is 7.23. The van der Waals surface area contributed by atoms with Crippen LogP contribution in [0.25, 0.3) is 0 Å². The Kier molecular flexibility index (Phi) is 9.09. The van der Waals surface area contributed by atoms with E-state index in [1.807, 2.05) is 13.8 Å². The average Bonchev–Trinajstić information content (AvgIpc) is 2.55. The molecule has 0 fully saturated rings. The van der Waals surface area contributed by atoms with E-state index in [0.29, 0.717) is 19.5 Å². The van der Waals surface area contributed by atoms with Gasteiger partial charge in [0.2, 0.25) is 5.91 Å². The molecular weight excluding hydrogens is 290 g/mol. The van der Waals surface area contributed by atoms with Crippen LogP contribution in [0.1, 0.15) is 27.2 Å². The van der Waals surface area contributed by atoms with E-state index in [1.165, 1.54) is 7.11 Å². The summed E-state index contributed by atoms with van der Waals surface area (Å²) >= 11 is 0. The lowest BCUT2D eigenvalue weighted by atomic mass is 9.85. The molecule has 0 rings (SSSR count). The molecule has 0 aromatic rings. The van der Waals surface area contributed by atoms with Gasteiger partial charge in [-0.15, -0.1) is 0 Å². The van der Waals surface area contributed by atoms with Gasteiger partial charge in [0.1, 0.15) is 12.0 Å². The van der Waals surface area contributed by atoms with Crippen molar-refractivity contribution in [2.45, 2.75) is 27.2 Å². The summed E-state index contributed by atoms with van der Waals surface area (Å²) in [7, 11) is 1.19. The molecule has 0 aliphatic heterocycles. The van der Waals surface area contributed by atoms with Crippen molar-refractivity contribution in [2.24, 2.45) is 5.41 Å². The fraction of sp³-hybridized carbons (Fsp3) is 0.667. The van der Waals surface area contributed by atoms with Gasteiger partial charge in [0.15, 0.2) is 0 Å². The topological polar surface area (TPSA) is 93.1 Å². The van der Waals surface area contributed by atoms with E-state index in [4.69, 9.17) is 4.74 Å². The normalized spacial score (nSPS) is 13.5. The third-order valence-corrected chi connectivity index (χ3v) is 3.53. The minimum Gasteiger partial charge on any atom is -0.466 e. The Labute approximate surface area is 130 Å². The summed E-state index contributed by atoms with van der Waals surface area (Å²) in [5.41, 5.74) is -1.17. The maximum absolute atomic E-state index is 12.5. The number of nitrogens with zero attached hydrogens (tertiary/aromatic N) is 1. The number of aliphatic hydroxyl groups is 1. The summed E-state index contributed by atoms with van der Waals surface area (Å²) in [5.74, 6) is -1.71. The first-order chi connectivity index (χ1) is 10.4.